The minimum atomic E-state index is -3.16. The third kappa shape index (κ3) is 9.57. The molecular formula is C25H30O4S2. The molecule has 0 saturated heterocycles. The number of sulfone groups is 1. The second kappa shape index (κ2) is 12.5. The van der Waals surface area contributed by atoms with E-state index < -0.39 is 9.84 Å². The molecule has 2 rings (SSSR count). The highest BCUT2D eigenvalue weighted by Crippen LogP contribution is 2.21. The SMILES string of the molecule is C=C(C)C(=O)OCCCCCCSc1ccc(/C=C/c2ccc(S(C)(=O)=O)cc2)cc1. The number of carbonyl (C=O) groups is 1. The first-order valence-corrected chi connectivity index (χ1v) is 13.2. The molecule has 0 aliphatic rings. The molecule has 0 amide bonds. The molecule has 0 N–H and O–H groups in total. The van der Waals surface area contributed by atoms with Crippen LogP contribution in [-0.2, 0) is 19.4 Å². The zero-order chi connectivity index (χ0) is 22.7. The van der Waals surface area contributed by atoms with Crippen molar-refractivity contribution in [3.8, 4) is 0 Å². The predicted octanol–water partition coefficient (Wildman–Crippen LogP) is 6.03. The van der Waals surface area contributed by atoms with Gasteiger partial charge in [-0.3, -0.25) is 0 Å². The molecule has 0 saturated carbocycles. The average molecular weight is 459 g/mol. The lowest BCUT2D eigenvalue weighted by Gasteiger charge is -2.05. The maximum absolute atomic E-state index is 11.5. The van der Waals surface area contributed by atoms with Crippen molar-refractivity contribution in [1.82, 2.24) is 0 Å². The fourth-order valence-electron chi connectivity index (χ4n) is 2.73. The second-order valence-corrected chi connectivity index (χ2v) is 10.6. The number of hydrogen-bond donors (Lipinski definition) is 0. The molecule has 2 aromatic rings. The van der Waals surface area contributed by atoms with Crippen LogP contribution in [0.15, 0.2) is 70.5 Å². The number of unbranched alkanes of at least 4 members (excludes halogenated alkanes) is 3. The predicted molar refractivity (Wildman–Crippen MR) is 130 cm³/mol. The van der Waals surface area contributed by atoms with Gasteiger partial charge in [0.1, 0.15) is 0 Å². The number of ether oxygens (including phenoxy) is 1. The maximum atomic E-state index is 11.5. The van der Waals surface area contributed by atoms with Gasteiger partial charge in [0.25, 0.3) is 0 Å². The largest absolute Gasteiger partial charge is 0.462 e. The first-order valence-electron chi connectivity index (χ1n) is 10.3. The van der Waals surface area contributed by atoms with Crippen LogP contribution in [0, 0.1) is 0 Å². The molecule has 0 aromatic heterocycles. The first kappa shape index (κ1) is 25.0. The van der Waals surface area contributed by atoms with E-state index in [1.165, 1.54) is 11.2 Å². The molecule has 166 valence electrons. The van der Waals surface area contributed by atoms with Gasteiger partial charge in [0.15, 0.2) is 9.84 Å². The van der Waals surface area contributed by atoms with Crippen LogP contribution in [0.3, 0.4) is 0 Å². The summed E-state index contributed by atoms with van der Waals surface area (Å²) in [6.07, 6.45) is 9.40. The van der Waals surface area contributed by atoms with E-state index >= 15 is 0 Å². The highest BCUT2D eigenvalue weighted by Gasteiger charge is 2.05. The van der Waals surface area contributed by atoms with Gasteiger partial charge in [-0.1, -0.05) is 55.8 Å². The quantitative estimate of drug-likeness (QED) is 0.128. The van der Waals surface area contributed by atoms with E-state index in [1.54, 1.807) is 19.1 Å². The molecule has 0 radical (unpaired) electrons. The van der Waals surface area contributed by atoms with E-state index in [1.807, 2.05) is 36.0 Å². The van der Waals surface area contributed by atoms with Crippen LogP contribution in [0.1, 0.15) is 43.7 Å². The Bertz CT molecular complexity index is 989. The Hall–Kier alpha value is -2.31. The number of rotatable bonds is 12. The number of esters is 1. The Morgan fingerprint density at radius 3 is 2.03 bits per heavy atom. The lowest BCUT2D eigenvalue weighted by Crippen LogP contribution is -2.06. The van der Waals surface area contributed by atoms with Gasteiger partial charge in [0.2, 0.25) is 0 Å². The molecule has 0 fully saturated rings. The van der Waals surface area contributed by atoms with Crippen LogP contribution in [0.25, 0.3) is 12.2 Å². The molecule has 0 heterocycles. The Balaban J connectivity index is 1.67. The molecule has 6 heteroatoms. The van der Waals surface area contributed by atoms with E-state index in [9.17, 15) is 13.2 Å². The third-order valence-electron chi connectivity index (χ3n) is 4.55. The maximum Gasteiger partial charge on any atom is 0.333 e. The van der Waals surface area contributed by atoms with E-state index in [0.29, 0.717) is 17.1 Å². The fourth-order valence-corrected chi connectivity index (χ4v) is 4.27. The summed E-state index contributed by atoms with van der Waals surface area (Å²) in [5.41, 5.74) is 2.50. The van der Waals surface area contributed by atoms with Crippen molar-refractivity contribution in [2.75, 3.05) is 18.6 Å². The second-order valence-electron chi connectivity index (χ2n) is 7.42. The van der Waals surface area contributed by atoms with Gasteiger partial charge >= 0.3 is 5.97 Å². The Morgan fingerprint density at radius 2 is 1.48 bits per heavy atom. The minimum Gasteiger partial charge on any atom is -0.462 e. The Morgan fingerprint density at radius 1 is 0.935 bits per heavy atom. The Kier molecular flexibility index (Phi) is 10.1. The van der Waals surface area contributed by atoms with Gasteiger partial charge < -0.3 is 4.74 Å². The van der Waals surface area contributed by atoms with E-state index in [4.69, 9.17) is 4.74 Å². The smallest absolute Gasteiger partial charge is 0.333 e. The molecule has 4 nitrogen and oxygen atoms in total. The van der Waals surface area contributed by atoms with Gasteiger partial charge in [-0.25, -0.2) is 13.2 Å². The zero-order valence-corrected chi connectivity index (χ0v) is 19.8. The summed E-state index contributed by atoms with van der Waals surface area (Å²) < 4.78 is 28.1. The van der Waals surface area contributed by atoms with Crippen molar-refractivity contribution in [2.24, 2.45) is 0 Å². The summed E-state index contributed by atoms with van der Waals surface area (Å²) in [4.78, 5) is 12.8. The topological polar surface area (TPSA) is 60.4 Å². The summed E-state index contributed by atoms with van der Waals surface area (Å²) in [5, 5.41) is 0. The lowest BCUT2D eigenvalue weighted by atomic mass is 10.1. The monoisotopic (exact) mass is 458 g/mol. The van der Waals surface area contributed by atoms with Gasteiger partial charge in [-0.05, 0) is 60.9 Å². The summed E-state index contributed by atoms with van der Waals surface area (Å²) in [7, 11) is -3.16. The summed E-state index contributed by atoms with van der Waals surface area (Å²) in [6, 6.07) is 15.3. The van der Waals surface area contributed by atoms with Crippen molar-refractivity contribution in [3.05, 3.63) is 71.8 Å². The van der Waals surface area contributed by atoms with Crippen LogP contribution in [-0.4, -0.2) is 33.0 Å². The number of hydrogen-bond acceptors (Lipinski definition) is 5. The van der Waals surface area contributed by atoms with Crippen molar-refractivity contribution in [2.45, 2.75) is 42.4 Å². The van der Waals surface area contributed by atoms with Crippen molar-refractivity contribution in [3.63, 3.8) is 0 Å². The molecule has 0 aliphatic heterocycles. The Labute approximate surface area is 190 Å². The summed E-state index contributed by atoms with van der Waals surface area (Å²) in [6.45, 7) is 5.69. The molecule has 31 heavy (non-hydrogen) atoms. The van der Waals surface area contributed by atoms with Crippen LogP contribution in [0.2, 0.25) is 0 Å². The van der Waals surface area contributed by atoms with Gasteiger partial charge in [-0.15, -0.1) is 11.8 Å². The summed E-state index contributed by atoms with van der Waals surface area (Å²) >= 11 is 1.84. The fraction of sp³-hybridized carbons (Fsp3) is 0.320. The highest BCUT2D eigenvalue weighted by molar-refractivity contribution is 7.99. The number of thioether (sulfide) groups is 1. The summed E-state index contributed by atoms with van der Waals surface area (Å²) in [5.74, 6) is 0.756. The van der Waals surface area contributed by atoms with Crippen molar-refractivity contribution < 1.29 is 17.9 Å². The standard InChI is InChI=1S/C25H30O4S2/c1-20(2)25(26)29-18-6-4-5-7-19-30-23-14-10-21(11-15-23)8-9-22-12-16-24(17-13-22)31(3,27)28/h8-17H,1,4-7,18-19H2,2-3H3/b9-8+. The van der Waals surface area contributed by atoms with Gasteiger partial charge in [0.05, 0.1) is 11.5 Å². The van der Waals surface area contributed by atoms with Crippen molar-refractivity contribution >= 4 is 39.7 Å². The van der Waals surface area contributed by atoms with E-state index in [2.05, 4.69) is 30.8 Å². The zero-order valence-electron chi connectivity index (χ0n) is 18.2. The minimum absolute atomic E-state index is 0.307. The third-order valence-corrected chi connectivity index (χ3v) is 6.77. The van der Waals surface area contributed by atoms with Gasteiger partial charge in [0, 0.05) is 16.7 Å². The van der Waals surface area contributed by atoms with E-state index in [-0.39, 0.29) is 5.97 Å². The molecule has 0 spiro atoms. The lowest BCUT2D eigenvalue weighted by molar-refractivity contribution is -0.139. The molecule has 0 atom stereocenters. The number of carbonyl (C=O) groups excluding carboxylic acids is 1. The van der Waals surface area contributed by atoms with Crippen LogP contribution < -0.4 is 0 Å². The first-order chi connectivity index (χ1) is 14.8. The highest BCUT2D eigenvalue weighted by atomic mass is 32.2. The van der Waals surface area contributed by atoms with E-state index in [0.717, 1.165) is 42.6 Å². The van der Waals surface area contributed by atoms with Gasteiger partial charge in [-0.2, -0.15) is 0 Å². The molecular weight excluding hydrogens is 428 g/mol. The molecule has 0 bridgehead atoms. The van der Waals surface area contributed by atoms with Crippen LogP contribution in [0.4, 0.5) is 0 Å². The van der Waals surface area contributed by atoms with Crippen LogP contribution >= 0.6 is 11.8 Å². The molecule has 2 aromatic carbocycles. The van der Waals surface area contributed by atoms with Crippen molar-refractivity contribution in [1.29, 1.82) is 0 Å². The molecule has 0 unspecified atom stereocenters. The number of benzene rings is 2. The average Bonchev–Trinajstić information content (AvgIpc) is 2.74. The molecule has 0 aliphatic carbocycles. The normalized spacial score (nSPS) is 11.5. The van der Waals surface area contributed by atoms with Crippen LogP contribution in [0.5, 0.6) is 0 Å².